The number of rotatable bonds is 4. The van der Waals surface area contributed by atoms with E-state index in [0.717, 1.165) is 17.5 Å². The molecule has 0 radical (unpaired) electrons. The molecule has 0 aromatic heterocycles. The lowest BCUT2D eigenvalue weighted by Crippen LogP contribution is -2.48. The van der Waals surface area contributed by atoms with Gasteiger partial charge in [-0.25, -0.2) is 0 Å². The maximum atomic E-state index is 12.1. The first-order valence-electron chi connectivity index (χ1n) is 8.42. The van der Waals surface area contributed by atoms with Crippen molar-refractivity contribution in [1.29, 1.82) is 0 Å². The summed E-state index contributed by atoms with van der Waals surface area (Å²) in [6, 6.07) is 17.0. The molecule has 0 saturated heterocycles. The molecule has 2 aromatic rings. The molecule has 2 unspecified atom stereocenters. The molecule has 1 aliphatic rings. The Bertz CT molecular complexity index is 869. The van der Waals surface area contributed by atoms with Crippen LogP contribution >= 0.6 is 23.8 Å². The van der Waals surface area contributed by atoms with Crippen LogP contribution in [0.1, 0.15) is 23.5 Å². The van der Waals surface area contributed by atoms with Gasteiger partial charge >= 0.3 is 0 Å². The second-order valence-electron chi connectivity index (χ2n) is 6.18. The van der Waals surface area contributed by atoms with Crippen LogP contribution < -0.4 is 16.2 Å². The van der Waals surface area contributed by atoms with E-state index in [1.165, 1.54) is 6.08 Å². The summed E-state index contributed by atoms with van der Waals surface area (Å²) in [5.41, 5.74) is 7.10. The maximum Gasteiger partial charge on any atom is 0.250 e. The van der Waals surface area contributed by atoms with E-state index in [4.69, 9.17) is 23.8 Å². The lowest BCUT2D eigenvalue weighted by molar-refractivity contribution is -0.123. The van der Waals surface area contributed by atoms with Gasteiger partial charge in [-0.2, -0.15) is 0 Å². The number of benzene rings is 2. The van der Waals surface area contributed by atoms with Crippen molar-refractivity contribution >= 4 is 46.8 Å². The number of thiocarbonyl (C=S) groups is 1. The van der Waals surface area contributed by atoms with Crippen LogP contribution in [-0.2, 0) is 9.59 Å². The Balaban J connectivity index is 1.40. The van der Waals surface area contributed by atoms with Gasteiger partial charge in [-0.3, -0.25) is 25.8 Å². The zero-order chi connectivity index (χ0) is 19.2. The van der Waals surface area contributed by atoms with Crippen molar-refractivity contribution in [1.82, 2.24) is 16.2 Å². The Morgan fingerprint density at radius 1 is 1.04 bits per heavy atom. The molecule has 0 bridgehead atoms. The van der Waals surface area contributed by atoms with Crippen LogP contribution in [0, 0.1) is 5.92 Å². The average Bonchev–Trinajstić information content (AvgIpc) is 3.47. The molecule has 3 N–H and O–H groups in total. The summed E-state index contributed by atoms with van der Waals surface area (Å²) in [7, 11) is 0. The SMILES string of the molecule is O=C(C=Cc1ccc(Cl)cc1)NC(=S)NNC(=O)C1CC1c1ccccc1. The summed E-state index contributed by atoms with van der Waals surface area (Å²) in [4.78, 5) is 24.0. The lowest BCUT2D eigenvalue weighted by atomic mass is 10.1. The molecule has 3 rings (SSSR count). The lowest BCUT2D eigenvalue weighted by Gasteiger charge is -2.09. The number of carbonyl (C=O) groups is 2. The minimum absolute atomic E-state index is 0.0333. The summed E-state index contributed by atoms with van der Waals surface area (Å²) in [6.07, 6.45) is 3.80. The van der Waals surface area contributed by atoms with E-state index in [9.17, 15) is 9.59 Å². The highest BCUT2D eigenvalue weighted by Gasteiger charge is 2.43. The molecule has 2 aromatic carbocycles. The van der Waals surface area contributed by atoms with Crippen LogP contribution in [0.3, 0.4) is 0 Å². The summed E-state index contributed by atoms with van der Waals surface area (Å²) < 4.78 is 0. The minimum Gasteiger partial charge on any atom is -0.298 e. The number of halogens is 1. The fourth-order valence-corrected chi connectivity index (χ4v) is 2.97. The van der Waals surface area contributed by atoms with Crippen molar-refractivity contribution in [2.45, 2.75) is 12.3 Å². The highest BCUT2D eigenvalue weighted by atomic mass is 35.5. The van der Waals surface area contributed by atoms with Crippen LogP contribution in [-0.4, -0.2) is 16.9 Å². The van der Waals surface area contributed by atoms with Crippen molar-refractivity contribution in [2.24, 2.45) is 5.92 Å². The third-order valence-electron chi connectivity index (χ3n) is 4.19. The molecule has 0 heterocycles. The summed E-state index contributed by atoms with van der Waals surface area (Å²) >= 11 is 10.8. The highest BCUT2D eigenvalue weighted by Crippen LogP contribution is 2.47. The number of amides is 2. The highest BCUT2D eigenvalue weighted by molar-refractivity contribution is 7.80. The molecule has 2 atom stereocenters. The van der Waals surface area contributed by atoms with Gasteiger partial charge in [-0.1, -0.05) is 54.1 Å². The van der Waals surface area contributed by atoms with Gasteiger partial charge < -0.3 is 0 Å². The van der Waals surface area contributed by atoms with Gasteiger partial charge in [-0.05, 0) is 53.9 Å². The van der Waals surface area contributed by atoms with Crippen LogP contribution in [0.4, 0.5) is 0 Å². The number of hydrazine groups is 1. The van der Waals surface area contributed by atoms with Crippen LogP contribution in [0.5, 0.6) is 0 Å². The van der Waals surface area contributed by atoms with Crippen molar-refractivity contribution in [3.05, 3.63) is 76.8 Å². The maximum absolute atomic E-state index is 12.1. The average molecular weight is 400 g/mol. The van der Waals surface area contributed by atoms with Gasteiger partial charge in [-0.15, -0.1) is 0 Å². The van der Waals surface area contributed by atoms with E-state index in [0.29, 0.717) is 5.02 Å². The molecule has 27 heavy (non-hydrogen) atoms. The van der Waals surface area contributed by atoms with Gasteiger partial charge in [0.1, 0.15) is 0 Å². The quantitative estimate of drug-likeness (QED) is 0.419. The van der Waals surface area contributed by atoms with Gasteiger partial charge in [0, 0.05) is 17.0 Å². The standard InChI is InChI=1S/C20H18ClN3O2S/c21-15-9-6-13(7-10-15)8-11-18(25)22-20(27)24-23-19(26)17-12-16(17)14-4-2-1-3-5-14/h1-11,16-17H,12H2,(H,23,26)(H2,22,24,25,27). The third kappa shape index (κ3) is 5.64. The first-order chi connectivity index (χ1) is 13.0. The summed E-state index contributed by atoms with van der Waals surface area (Å²) in [6.45, 7) is 0. The Hall–Kier alpha value is -2.70. The number of hydrogen-bond acceptors (Lipinski definition) is 3. The van der Waals surface area contributed by atoms with E-state index in [-0.39, 0.29) is 22.9 Å². The summed E-state index contributed by atoms with van der Waals surface area (Å²) in [5, 5.41) is 3.13. The largest absolute Gasteiger partial charge is 0.298 e. The van der Waals surface area contributed by atoms with E-state index < -0.39 is 5.91 Å². The van der Waals surface area contributed by atoms with Gasteiger partial charge in [0.2, 0.25) is 11.8 Å². The van der Waals surface area contributed by atoms with Crippen molar-refractivity contribution < 1.29 is 9.59 Å². The molecule has 1 saturated carbocycles. The number of carbonyl (C=O) groups excluding carboxylic acids is 2. The Labute approximate surface area is 167 Å². The molecule has 5 nitrogen and oxygen atoms in total. The van der Waals surface area contributed by atoms with Gasteiger partial charge in [0.15, 0.2) is 5.11 Å². The normalized spacial score (nSPS) is 18.0. The Morgan fingerprint density at radius 2 is 1.74 bits per heavy atom. The molecule has 1 aliphatic carbocycles. The molecule has 1 fully saturated rings. The molecular weight excluding hydrogens is 382 g/mol. The van der Waals surface area contributed by atoms with E-state index in [1.807, 2.05) is 30.3 Å². The van der Waals surface area contributed by atoms with Gasteiger partial charge in [0.05, 0.1) is 0 Å². The molecule has 138 valence electrons. The predicted molar refractivity (Wildman–Crippen MR) is 110 cm³/mol. The van der Waals surface area contributed by atoms with Crippen LogP contribution in [0.25, 0.3) is 6.08 Å². The van der Waals surface area contributed by atoms with Crippen LogP contribution in [0.2, 0.25) is 5.02 Å². The molecular formula is C20H18ClN3O2S. The molecule has 2 amide bonds. The zero-order valence-electron chi connectivity index (χ0n) is 14.3. The fourth-order valence-electron chi connectivity index (χ4n) is 2.70. The van der Waals surface area contributed by atoms with E-state index in [1.54, 1.807) is 30.3 Å². The van der Waals surface area contributed by atoms with Crippen molar-refractivity contribution in [2.75, 3.05) is 0 Å². The van der Waals surface area contributed by atoms with E-state index in [2.05, 4.69) is 16.2 Å². The second-order valence-corrected chi connectivity index (χ2v) is 7.02. The minimum atomic E-state index is -0.398. The first-order valence-corrected chi connectivity index (χ1v) is 9.21. The van der Waals surface area contributed by atoms with Crippen molar-refractivity contribution in [3.8, 4) is 0 Å². The number of nitrogens with one attached hydrogen (secondary N) is 3. The van der Waals surface area contributed by atoms with Gasteiger partial charge in [0.25, 0.3) is 0 Å². The molecule has 0 spiro atoms. The predicted octanol–water partition coefficient (Wildman–Crippen LogP) is 3.18. The Kier molecular flexibility index (Phi) is 6.21. The zero-order valence-corrected chi connectivity index (χ0v) is 15.9. The summed E-state index contributed by atoms with van der Waals surface area (Å²) in [5.74, 6) is -0.385. The smallest absolute Gasteiger partial charge is 0.250 e. The monoisotopic (exact) mass is 399 g/mol. The Morgan fingerprint density at radius 3 is 2.44 bits per heavy atom. The number of hydrogen-bond donors (Lipinski definition) is 3. The second kappa shape index (κ2) is 8.79. The van der Waals surface area contributed by atoms with Crippen LogP contribution in [0.15, 0.2) is 60.7 Å². The fraction of sp³-hybridized carbons (Fsp3) is 0.150. The third-order valence-corrected chi connectivity index (χ3v) is 4.64. The van der Waals surface area contributed by atoms with E-state index >= 15 is 0 Å². The molecule has 0 aliphatic heterocycles. The van der Waals surface area contributed by atoms with Crippen molar-refractivity contribution in [3.63, 3.8) is 0 Å². The first kappa shape index (κ1) is 19.1. The molecule has 7 heteroatoms. The topological polar surface area (TPSA) is 70.2 Å².